The number of carboxylic acids is 1. The molecule has 6 heteroatoms. The number of hydrogen-bond acceptors (Lipinski definition) is 4. The minimum atomic E-state index is -0.852. The molecular weight excluding hydrogens is 260 g/mol. The van der Waals surface area contributed by atoms with Gasteiger partial charge < -0.3 is 20.5 Å². The molecule has 0 aromatic carbocycles. The van der Waals surface area contributed by atoms with Crippen LogP contribution in [-0.2, 0) is 9.53 Å². The summed E-state index contributed by atoms with van der Waals surface area (Å²) >= 11 is 0. The highest BCUT2D eigenvalue weighted by atomic mass is 16.6. The standard InChI is InChI=1S/C14H26N2O4/c1-14(2,3)20-13(19)16-8-10-6-4-5-7-11(10)15-9-12(17)18/h10-11,15H,4-9H2,1-3H3,(H,16,19)(H,17,18). The zero-order chi connectivity index (χ0) is 15.2. The van der Waals surface area contributed by atoms with Crippen LogP contribution in [0.3, 0.4) is 0 Å². The lowest BCUT2D eigenvalue weighted by Crippen LogP contribution is -2.46. The molecule has 6 nitrogen and oxygen atoms in total. The quantitative estimate of drug-likeness (QED) is 0.716. The number of nitrogens with one attached hydrogen (secondary N) is 2. The average molecular weight is 286 g/mol. The number of hydrogen-bond donors (Lipinski definition) is 3. The van der Waals surface area contributed by atoms with Crippen LogP contribution in [0.25, 0.3) is 0 Å². The third-order valence-electron chi connectivity index (χ3n) is 3.33. The highest BCUT2D eigenvalue weighted by Gasteiger charge is 2.26. The van der Waals surface area contributed by atoms with Crippen molar-refractivity contribution in [1.82, 2.24) is 10.6 Å². The Bertz CT molecular complexity index is 339. The fourth-order valence-electron chi connectivity index (χ4n) is 2.47. The van der Waals surface area contributed by atoms with Crippen molar-refractivity contribution in [3.05, 3.63) is 0 Å². The molecule has 1 rings (SSSR count). The van der Waals surface area contributed by atoms with Crippen molar-refractivity contribution in [1.29, 1.82) is 0 Å². The van der Waals surface area contributed by atoms with Crippen LogP contribution in [0, 0.1) is 5.92 Å². The minimum Gasteiger partial charge on any atom is -0.480 e. The molecule has 0 radical (unpaired) electrons. The van der Waals surface area contributed by atoms with Gasteiger partial charge in [-0.1, -0.05) is 12.8 Å². The van der Waals surface area contributed by atoms with E-state index in [4.69, 9.17) is 9.84 Å². The SMILES string of the molecule is CC(C)(C)OC(=O)NCC1CCCCC1NCC(=O)O. The molecule has 1 aliphatic rings. The second kappa shape index (κ2) is 7.47. The van der Waals surface area contributed by atoms with Gasteiger partial charge in [0.2, 0.25) is 0 Å². The van der Waals surface area contributed by atoms with E-state index in [2.05, 4.69) is 10.6 Å². The Hall–Kier alpha value is -1.30. The van der Waals surface area contributed by atoms with Gasteiger partial charge in [0, 0.05) is 12.6 Å². The van der Waals surface area contributed by atoms with E-state index in [1.807, 2.05) is 20.8 Å². The summed E-state index contributed by atoms with van der Waals surface area (Å²) in [6.45, 7) is 5.96. The van der Waals surface area contributed by atoms with Gasteiger partial charge in [-0.3, -0.25) is 4.79 Å². The molecule has 0 saturated heterocycles. The van der Waals surface area contributed by atoms with Crippen LogP contribution in [0.1, 0.15) is 46.5 Å². The second-order valence-corrected chi connectivity index (χ2v) is 6.31. The van der Waals surface area contributed by atoms with Crippen molar-refractivity contribution < 1.29 is 19.4 Å². The zero-order valence-electron chi connectivity index (χ0n) is 12.6. The summed E-state index contributed by atoms with van der Waals surface area (Å²) in [5, 5.41) is 14.6. The summed E-state index contributed by atoms with van der Waals surface area (Å²) in [4.78, 5) is 22.2. The summed E-state index contributed by atoms with van der Waals surface area (Å²) in [7, 11) is 0. The highest BCUT2D eigenvalue weighted by molar-refractivity contribution is 5.69. The third-order valence-corrected chi connectivity index (χ3v) is 3.33. The number of alkyl carbamates (subject to hydrolysis) is 1. The number of ether oxygens (including phenoxy) is 1. The van der Waals surface area contributed by atoms with Crippen LogP contribution in [0.4, 0.5) is 4.79 Å². The summed E-state index contributed by atoms with van der Waals surface area (Å²) in [6.07, 6.45) is 3.74. The molecular formula is C14H26N2O4. The molecule has 0 aromatic rings. The maximum Gasteiger partial charge on any atom is 0.407 e. The van der Waals surface area contributed by atoms with Crippen molar-refractivity contribution in [2.45, 2.75) is 58.1 Å². The van der Waals surface area contributed by atoms with Crippen molar-refractivity contribution >= 4 is 12.1 Å². The van der Waals surface area contributed by atoms with E-state index in [1.165, 1.54) is 0 Å². The molecule has 1 aliphatic carbocycles. The van der Waals surface area contributed by atoms with Crippen molar-refractivity contribution in [2.75, 3.05) is 13.1 Å². The lowest BCUT2D eigenvalue weighted by Gasteiger charge is -2.32. The number of aliphatic carboxylic acids is 1. The molecule has 1 amide bonds. The summed E-state index contributed by atoms with van der Waals surface area (Å²) in [5.41, 5.74) is -0.502. The van der Waals surface area contributed by atoms with Crippen LogP contribution < -0.4 is 10.6 Å². The Balaban J connectivity index is 2.38. The number of carbonyl (C=O) groups is 2. The lowest BCUT2D eigenvalue weighted by molar-refractivity contribution is -0.136. The zero-order valence-corrected chi connectivity index (χ0v) is 12.6. The van der Waals surface area contributed by atoms with Crippen LogP contribution in [0.15, 0.2) is 0 Å². The first kappa shape index (κ1) is 16.8. The largest absolute Gasteiger partial charge is 0.480 e. The van der Waals surface area contributed by atoms with Gasteiger partial charge >= 0.3 is 12.1 Å². The molecule has 0 aromatic heterocycles. The maximum absolute atomic E-state index is 11.6. The number of amides is 1. The number of carbonyl (C=O) groups excluding carboxylic acids is 1. The maximum atomic E-state index is 11.6. The smallest absolute Gasteiger partial charge is 0.407 e. The van der Waals surface area contributed by atoms with Gasteiger partial charge in [-0.15, -0.1) is 0 Å². The fourth-order valence-corrected chi connectivity index (χ4v) is 2.47. The minimum absolute atomic E-state index is 0.0341. The molecule has 0 aliphatic heterocycles. The lowest BCUT2D eigenvalue weighted by atomic mass is 9.84. The van der Waals surface area contributed by atoms with Crippen molar-refractivity contribution in [2.24, 2.45) is 5.92 Å². The molecule has 2 atom stereocenters. The predicted octanol–water partition coefficient (Wildman–Crippen LogP) is 1.74. The van der Waals surface area contributed by atoms with Gasteiger partial charge in [0.15, 0.2) is 0 Å². The Morgan fingerprint density at radius 2 is 1.90 bits per heavy atom. The Morgan fingerprint density at radius 1 is 1.25 bits per heavy atom. The van der Waals surface area contributed by atoms with E-state index in [-0.39, 0.29) is 18.5 Å². The van der Waals surface area contributed by atoms with Gasteiger partial charge in [0.05, 0.1) is 6.54 Å². The molecule has 20 heavy (non-hydrogen) atoms. The van der Waals surface area contributed by atoms with Gasteiger partial charge in [0.1, 0.15) is 5.60 Å². The molecule has 1 saturated carbocycles. The van der Waals surface area contributed by atoms with E-state index in [0.717, 1.165) is 25.7 Å². The Morgan fingerprint density at radius 3 is 2.50 bits per heavy atom. The molecule has 0 bridgehead atoms. The van der Waals surface area contributed by atoms with Crippen molar-refractivity contribution in [3.8, 4) is 0 Å². The molecule has 0 spiro atoms. The van der Waals surface area contributed by atoms with E-state index >= 15 is 0 Å². The van der Waals surface area contributed by atoms with Crippen LogP contribution in [0.5, 0.6) is 0 Å². The van der Waals surface area contributed by atoms with Crippen molar-refractivity contribution in [3.63, 3.8) is 0 Å². The third kappa shape index (κ3) is 6.75. The fraction of sp³-hybridized carbons (Fsp3) is 0.857. The first-order valence-electron chi connectivity index (χ1n) is 7.20. The summed E-state index contributed by atoms with van der Waals surface area (Å²) in [6, 6.07) is 0.148. The summed E-state index contributed by atoms with van der Waals surface area (Å²) < 4.78 is 5.20. The molecule has 116 valence electrons. The topological polar surface area (TPSA) is 87.7 Å². The monoisotopic (exact) mass is 286 g/mol. The van der Waals surface area contributed by atoms with Crippen LogP contribution >= 0.6 is 0 Å². The molecule has 2 unspecified atom stereocenters. The number of carboxylic acid groups (broad SMARTS) is 1. The first-order chi connectivity index (χ1) is 9.28. The second-order valence-electron chi connectivity index (χ2n) is 6.31. The average Bonchev–Trinajstić information content (AvgIpc) is 2.32. The van der Waals surface area contributed by atoms with E-state index in [0.29, 0.717) is 6.54 Å². The normalized spacial score (nSPS) is 23.1. The predicted molar refractivity (Wildman–Crippen MR) is 75.6 cm³/mol. The van der Waals surface area contributed by atoms with Gasteiger partial charge in [-0.05, 0) is 39.5 Å². The Labute approximate surface area is 120 Å². The van der Waals surface area contributed by atoms with Gasteiger partial charge in [-0.2, -0.15) is 0 Å². The Kier molecular flexibility index (Phi) is 6.26. The molecule has 0 heterocycles. The highest BCUT2D eigenvalue weighted by Crippen LogP contribution is 2.24. The van der Waals surface area contributed by atoms with E-state index < -0.39 is 17.7 Å². The van der Waals surface area contributed by atoms with E-state index in [1.54, 1.807) is 0 Å². The van der Waals surface area contributed by atoms with Gasteiger partial charge in [0.25, 0.3) is 0 Å². The summed E-state index contributed by atoms with van der Waals surface area (Å²) in [5.74, 6) is -0.593. The number of rotatable bonds is 5. The molecule has 3 N–H and O–H groups in total. The van der Waals surface area contributed by atoms with Gasteiger partial charge in [-0.25, -0.2) is 4.79 Å². The molecule has 1 fully saturated rings. The first-order valence-corrected chi connectivity index (χ1v) is 7.20. The van der Waals surface area contributed by atoms with Crippen LogP contribution in [-0.4, -0.2) is 41.9 Å². The van der Waals surface area contributed by atoms with Crippen LogP contribution in [0.2, 0.25) is 0 Å². The van der Waals surface area contributed by atoms with E-state index in [9.17, 15) is 9.59 Å².